The molecule has 5 heteroatoms. The summed E-state index contributed by atoms with van der Waals surface area (Å²) in [6, 6.07) is 3.03. The van der Waals surface area contributed by atoms with Crippen LogP contribution in [0.4, 0.5) is 8.78 Å². The van der Waals surface area contributed by atoms with E-state index < -0.39 is 11.6 Å². The molecule has 0 radical (unpaired) electrons. The molecule has 0 N–H and O–H groups in total. The number of thioether (sulfide) groups is 1. The van der Waals surface area contributed by atoms with Gasteiger partial charge in [-0.15, -0.1) is 0 Å². The minimum Gasteiger partial charge on any atom is -0.309 e. The number of hydrogen-bond acceptors (Lipinski definition) is 3. The van der Waals surface area contributed by atoms with Crippen molar-refractivity contribution in [2.45, 2.75) is 0 Å². The zero-order valence-electron chi connectivity index (χ0n) is 9.87. The molecule has 0 heterocycles. The van der Waals surface area contributed by atoms with Gasteiger partial charge < -0.3 is 4.90 Å². The van der Waals surface area contributed by atoms with Crippen molar-refractivity contribution in [3.05, 3.63) is 35.4 Å². The van der Waals surface area contributed by atoms with Crippen LogP contribution in [0.25, 0.3) is 0 Å². The molecule has 0 aromatic heterocycles. The van der Waals surface area contributed by atoms with Gasteiger partial charge in [-0.05, 0) is 26.2 Å². The number of carbonyl (C=O) groups excluding carboxylic acids is 1. The number of carbonyl (C=O) groups is 1. The minimum atomic E-state index is -0.789. The SMILES string of the molecule is CN(C)CCSCC(=O)c1ccc(F)cc1F. The lowest BCUT2D eigenvalue weighted by Crippen LogP contribution is -2.16. The van der Waals surface area contributed by atoms with Gasteiger partial charge >= 0.3 is 0 Å². The van der Waals surface area contributed by atoms with E-state index in [2.05, 4.69) is 0 Å². The summed E-state index contributed by atoms with van der Waals surface area (Å²) in [4.78, 5) is 13.6. The zero-order valence-corrected chi connectivity index (χ0v) is 10.7. The van der Waals surface area contributed by atoms with Crippen LogP contribution in [0.2, 0.25) is 0 Å². The molecule has 1 aromatic carbocycles. The number of ketones is 1. The third-order valence-electron chi connectivity index (χ3n) is 2.15. The lowest BCUT2D eigenvalue weighted by molar-refractivity contribution is 0.101. The van der Waals surface area contributed by atoms with E-state index in [0.29, 0.717) is 0 Å². The van der Waals surface area contributed by atoms with Crippen LogP contribution in [0.5, 0.6) is 0 Å². The minimum absolute atomic E-state index is 0.0382. The van der Waals surface area contributed by atoms with Crippen LogP contribution in [0, 0.1) is 11.6 Å². The third-order valence-corrected chi connectivity index (χ3v) is 3.09. The van der Waals surface area contributed by atoms with Gasteiger partial charge in [0.2, 0.25) is 0 Å². The van der Waals surface area contributed by atoms with Crippen LogP contribution >= 0.6 is 11.8 Å². The molecule has 0 fully saturated rings. The molecule has 2 nitrogen and oxygen atoms in total. The van der Waals surface area contributed by atoms with Crippen molar-refractivity contribution >= 4 is 17.5 Å². The molecular weight excluding hydrogens is 244 g/mol. The summed E-state index contributed by atoms with van der Waals surface area (Å²) < 4.78 is 25.9. The summed E-state index contributed by atoms with van der Waals surface area (Å²) in [5.41, 5.74) is -0.0382. The lowest BCUT2D eigenvalue weighted by Gasteiger charge is -2.08. The van der Waals surface area contributed by atoms with Crippen LogP contribution in [-0.2, 0) is 0 Å². The topological polar surface area (TPSA) is 20.3 Å². The number of hydrogen-bond donors (Lipinski definition) is 0. The van der Waals surface area contributed by atoms with Crippen molar-refractivity contribution in [1.29, 1.82) is 0 Å². The van der Waals surface area contributed by atoms with E-state index in [1.54, 1.807) is 0 Å². The van der Waals surface area contributed by atoms with E-state index in [-0.39, 0.29) is 17.1 Å². The molecule has 0 amide bonds. The second-order valence-electron chi connectivity index (χ2n) is 3.90. The molecule has 0 aliphatic rings. The average Bonchev–Trinajstić information content (AvgIpc) is 2.23. The zero-order chi connectivity index (χ0) is 12.8. The molecule has 0 atom stereocenters. The summed E-state index contributed by atoms with van der Waals surface area (Å²) in [6.07, 6.45) is 0. The number of benzene rings is 1. The fraction of sp³-hybridized carbons (Fsp3) is 0.417. The highest BCUT2D eigenvalue weighted by Crippen LogP contribution is 2.13. The van der Waals surface area contributed by atoms with Gasteiger partial charge in [0, 0.05) is 18.4 Å². The summed E-state index contributed by atoms with van der Waals surface area (Å²) in [5, 5.41) is 0. The van der Waals surface area contributed by atoms with Gasteiger partial charge in [-0.3, -0.25) is 4.79 Å². The fourth-order valence-electron chi connectivity index (χ4n) is 1.21. The smallest absolute Gasteiger partial charge is 0.175 e. The number of rotatable bonds is 6. The Morgan fingerprint density at radius 3 is 2.65 bits per heavy atom. The van der Waals surface area contributed by atoms with Crippen LogP contribution in [0.1, 0.15) is 10.4 Å². The van der Waals surface area contributed by atoms with E-state index in [1.165, 1.54) is 17.8 Å². The molecule has 0 spiro atoms. The Balaban J connectivity index is 2.47. The monoisotopic (exact) mass is 259 g/mol. The molecule has 0 saturated carbocycles. The second kappa shape index (κ2) is 6.71. The van der Waals surface area contributed by atoms with Crippen molar-refractivity contribution in [1.82, 2.24) is 4.90 Å². The number of nitrogens with zero attached hydrogens (tertiary/aromatic N) is 1. The Labute approximate surface area is 104 Å². The van der Waals surface area contributed by atoms with Crippen molar-refractivity contribution in [2.24, 2.45) is 0 Å². The van der Waals surface area contributed by atoms with Crippen LogP contribution < -0.4 is 0 Å². The Bertz CT molecular complexity index is 396. The van der Waals surface area contributed by atoms with Crippen LogP contribution in [0.15, 0.2) is 18.2 Å². The Hall–Kier alpha value is -0.940. The molecule has 94 valence electrons. The quantitative estimate of drug-likeness (QED) is 0.578. The molecule has 17 heavy (non-hydrogen) atoms. The Kier molecular flexibility index (Phi) is 5.58. The molecule has 0 aliphatic carbocycles. The third kappa shape index (κ3) is 4.83. The predicted octanol–water partition coefficient (Wildman–Crippen LogP) is 2.44. The van der Waals surface area contributed by atoms with E-state index in [4.69, 9.17) is 0 Å². The van der Waals surface area contributed by atoms with Crippen LogP contribution in [0.3, 0.4) is 0 Å². The van der Waals surface area contributed by atoms with Gasteiger partial charge in [0.25, 0.3) is 0 Å². The fourth-order valence-corrected chi connectivity index (χ4v) is 2.18. The highest BCUT2D eigenvalue weighted by Gasteiger charge is 2.12. The molecule has 0 bridgehead atoms. The van der Waals surface area contributed by atoms with Crippen molar-refractivity contribution < 1.29 is 13.6 Å². The largest absolute Gasteiger partial charge is 0.309 e. The van der Waals surface area contributed by atoms with Crippen molar-refractivity contribution in [3.8, 4) is 0 Å². The van der Waals surface area contributed by atoms with E-state index in [1.807, 2.05) is 19.0 Å². The van der Waals surface area contributed by atoms with Gasteiger partial charge in [-0.2, -0.15) is 11.8 Å². The predicted molar refractivity (Wildman–Crippen MR) is 66.6 cm³/mol. The molecule has 1 aromatic rings. The molecule has 1 rings (SSSR count). The van der Waals surface area contributed by atoms with Crippen molar-refractivity contribution in [3.63, 3.8) is 0 Å². The summed E-state index contributed by atoms with van der Waals surface area (Å²) in [5.74, 6) is -0.730. The van der Waals surface area contributed by atoms with Gasteiger partial charge in [0.1, 0.15) is 11.6 Å². The highest BCUT2D eigenvalue weighted by atomic mass is 32.2. The normalized spacial score (nSPS) is 10.9. The molecule has 0 saturated heterocycles. The molecular formula is C12H15F2NOS. The van der Waals surface area contributed by atoms with Gasteiger partial charge in [-0.25, -0.2) is 8.78 Å². The first-order valence-corrected chi connectivity index (χ1v) is 6.37. The average molecular weight is 259 g/mol. The van der Waals surface area contributed by atoms with Gasteiger partial charge in [0.05, 0.1) is 11.3 Å². The van der Waals surface area contributed by atoms with Gasteiger partial charge in [0.15, 0.2) is 5.78 Å². The molecule has 0 aliphatic heterocycles. The Morgan fingerprint density at radius 1 is 1.35 bits per heavy atom. The number of Topliss-reactive ketones (excluding diaryl/α,β-unsaturated/α-hetero) is 1. The lowest BCUT2D eigenvalue weighted by atomic mass is 10.1. The standard InChI is InChI=1S/C12H15F2NOS/c1-15(2)5-6-17-8-12(16)10-4-3-9(13)7-11(10)14/h3-4,7H,5-6,8H2,1-2H3. The summed E-state index contributed by atoms with van der Waals surface area (Å²) in [7, 11) is 3.89. The maximum Gasteiger partial charge on any atom is 0.175 e. The maximum atomic E-state index is 13.3. The summed E-state index contributed by atoms with van der Waals surface area (Å²) in [6.45, 7) is 0.865. The highest BCUT2D eigenvalue weighted by molar-refractivity contribution is 8.00. The van der Waals surface area contributed by atoms with E-state index >= 15 is 0 Å². The second-order valence-corrected chi connectivity index (χ2v) is 5.01. The molecule has 0 unspecified atom stereocenters. The Morgan fingerprint density at radius 2 is 2.06 bits per heavy atom. The van der Waals surface area contributed by atoms with E-state index in [9.17, 15) is 13.6 Å². The first-order chi connectivity index (χ1) is 8.00. The van der Waals surface area contributed by atoms with Gasteiger partial charge in [-0.1, -0.05) is 0 Å². The first-order valence-electron chi connectivity index (χ1n) is 5.21. The van der Waals surface area contributed by atoms with Crippen LogP contribution in [-0.4, -0.2) is 42.8 Å². The van der Waals surface area contributed by atoms with E-state index in [0.717, 1.165) is 24.4 Å². The maximum absolute atomic E-state index is 13.3. The number of halogens is 2. The summed E-state index contributed by atoms with van der Waals surface area (Å²) >= 11 is 1.45. The van der Waals surface area contributed by atoms with Crippen molar-refractivity contribution in [2.75, 3.05) is 32.1 Å². The first kappa shape index (κ1) is 14.1.